The number of anilines is 1. The highest BCUT2D eigenvalue weighted by atomic mass is 32.1. The monoisotopic (exact) mass is 311 g/mol. The van der Waals surface area contributed by atoms with Crippen LogP contribution in [0.25, 0.3) is 0 Å². The Balaban J connectivity index is 1.68. The van der Waals surface area contributed by atoms with Crippen molar-refractivity contribution in [3.8, 4) is 0 Å². The largest absolute Gasteiger partial charge is 0.342 e. The predicted octanol–water partition coefficient (Wildman–Crippen LogP) is 3.54. The second-order valence-electron chi connectivity index (χ2n) is 6.03. The quantitative estimate of drug-likeness (QED) is 0.845. The molecule has 1 saturated heterocycles. The maximum atomic E-state index is 5.49. The van der Waals surface area contributed by atoms with Gasteiger partial charge < -0.3 is 5.32 Å². The Bertz CT molecular complexity index is 654. The van der Waals surface area contributed by atoms with Crippen LogP contribution in [0.15, 0.2) is 54.6 Å². The van der Waals surface area contributed by atoms with Crippen LogP contribution in [-0.4, -0.2) is 10.8 Å². The zero-order valence-corrected chi connectivity index (χ0v) is 13.8. The van der Waals surface area contributed by atoms with E-state index in [0.29, 0.717) is 0 Å². The highest BCUT2D eigenvalue weighted by Gasteiger charge is 2.36. The van der Waals surface area contributed by atoms with Gasteiger partial charge >= 0.3 is 0 Å². The van der Waals surface area contributed by atoms with E-state index in [0.717, 1.165) is 23.6 Å². The molecule has 1 fully saturated rings. The number of rotatable bonds is 4. The van der Waals surface area contributed by atoms with E-state index in [4.69, 9.17) is 12.2 Å². The molecule has 2 aromatic carbocycles. The molecule has 1 aliphatic rings. The number of thiocarbonyl (C=S) groups is 1. The third-order valence-electron chi connectivity index (χ3n) is 3.99. The Morgan fingerprint density at radius 1 is 1.05 bits per heavy atom. The summed E-state index contributed by atoms with van der Waals surface area (Å²) < 4.78 is 0. The van der Waals surface area contributed by atoms with Crippen molar-refractivity contribution in [1.82, 2.24) is 10.7 Å². The fourth-order valence-corrected chi connectivity index (χ4v) is 3.03. The average Bonchev–Trinajstić information content (AvgIpc) is 2.83. The fourth-order valence-electron chi connectivity index (χ4n) is 2.65. The molecular weight excluding hydrogens is 290 g/mol. The molecule has 3 rings (SSSR count). The summed E-state index contributed by atoms with van der Waals surface area (Å²) in [4.78, 5) is 0. The summed E-state index contributed by atoms with van der Waals surface area (Å²) in [5, 5.41) is 6.09. The lowest BCUT2D eigenvalue weighted by atomic mass is 10.0. The summed E-state index contributed by atoms with van der Waals surface area (Å²) in [6, 6.07) is 18.9. The van der Waals surface area contributed by atoms with Crippen molar-refractivity contribution in [1.29, 1.82) is 0 Å². The standard InChI is InChI=1S/C18H21N3S/c1-14-8-10-16(11-9-14)21-17(22)19-18(2,20-21)13-12-15-6-4-3-5-7-15/h3-11,20H,12-13H2,1-2H3,(H,19,22)/t18-/m1/s1. The van der Waals surface area contributed by atoms with Gasteiger partial charge in [0.05, 0.1) is 5.69 Å². The van der Waals surface area contributed by atoms with E-state index < -0.39 is 0 Å². The smallest absolute Gasteiger partial charge is 0.189 e. The zero-order valence-electron chi connectivity index (χ0n) is 13.0. The highest BCUT2D eigenvalue weighted by Crippen LogP contribution is 2.22. The first-order chi connectivity index (χ1) is 10.6. The first kappa shape index (κ1) is 15.0. The number of hydrogen-bond acceptors (Lipinski definition) is 2. The van der Waals surface area contributed by atoms with Gasteiger partial charge in [-0.2, -0.15) is 0 Å². The number of hydrogen-bond donors (Lipinski definition) is 2. The minimum atomic E-state index is -0.224. The molecule has 0 radical (unpaired) electrons. The van der Waals surface area contributed by atoms with Gasteiger partial charge in [0, 0.05) is 0 Å². The Labute approximate surface area is 137 Å². The van der Waals surface area contributed by atoms with Crippen molar-refractivity contribution >= 4 is 23.0 Å². The molecule has 0 aliphatic carbocycles. The third kappa shape index (κ3) is 3.29. The molecule has 22 heavy (non-hydrogen) atoms. The van der Waals surface area contributed by atoms with Gasteiger partial charge in [-0.25, -0.2) is 5.43 Å². The molecule has 0 aromatic heterocycles. The second kappa shape index (κ2) is 6.07. The summed E-state index contributed by atoms with van der Waals surface area (Å²) >= 11 is 5.49. The van der Waals surface area contributed by atoms with E-state index in [1.807, 2.05) is 11.1 Å². The third-order valence-corrected chi connectivity index (χ3v) is 4.28. The van der Waals surface area contributed by atoms with Gasteiger partial charge in [0.25, 0.3) is 0 Å². The Morgan fingerprint density at radius 2 is 1.73 bits per heavy atom. The molecule has 2 N–H and O–H groups in total. The highest BCUT2D eigenvalue weighted by molar-refractivity contribution is 7.80. The average molecular weight is 311 g/mol. The lowest BCUT2D eigenvalue weighted by Crippen LogP contribution is -2.48. The molecule has 0 unspecified atom stereocenters. The van der Waals surface area contributed by atoms with Crippen LogP contribution in [0.1, 0.15) is 24.5 Å². The second-order valence-corrected chi connectivity index (χ2v) is 6.42. The number of nitrogens with one attached hydrogen (secondary N) is 2. The number of nitrogens with zero attached hydrogens (tertiary/aromatic N) is 1. The summed E-state index contributed by atoms with van der Waals surface area (Å²) in [5.41, 5.74) is 6.93. The van der Waals surface area contributed by atoms with Crippen LogP contribution in [0.4, 0.5) is 5.69 Å². The van der Waals surface area contributed by atoms with Crippen molar-refractivity contribution in [3.63, 3.8) is 0 Å². The van der Waals surface area contributed by atoms with E-state index in [9.17, 15) is 0 Å². The molecule has 1 aliphatic heterocycles. The number of hydrazine groups is 1. The fraction of sp³-hybridized carbons (Fsp3) is 0.278. The van der Waals surface area contributed by atoms with Gasteiger partial charge in [0.2, 0.25) is 0 Å². The minimum Gasteiger partial charge on any atom is -0.342 e. The van der Waals surface area contributed by atoms with Gasteiger partial charge in [-0.05, 0) is 56.6 Å². The summed E-state index contributed by atoms with van der Waals surface area (Å²) in [6.07, 6.45) is 1.96. The van der Waals surface area contributed by atoms with E-state index in [1.54, 1.807) is 0 Å². The van der Waals surface area contributed by atoms with E-state index in [1.165, 1.54) is 11.1 Å². The van der Waals surface area contributed by atoms with Crippen molar-refractivity contribution in [2.45, 2.75) is 32.4 Å². The van der Waals surface area contributed by atoms with Crippen LogP contribution in [0, 0.1) is 6.92 Å². The molecule has 4 heteroatoms. The van der Waals surface area contributed by atoms with Crippen LogP contribution in [0.3, 0.4) is 0 Å². The number of aryl methyl sites for hydroxylation is 2. The van der Waals surface area contributed by atoms with E-state index >= 15 is 0 Å². The SMILES string of the molecule is Cc1ccc(N2N[C@](C)(CCc3ccccc3)NC2=S)cc1. The Kier molecular flexibility index (Phi) is 4.14. The molecule has 2 aromatic rings. The van der Waals surface area contributed by atoms with Gasteiger partial charge in [0.1, 0.15) is 5.66 Å². The predicted molar refractivity (Wildman–Crippen MR) is 95.7 cm³/mol. The minimum absolute atomic E-state index is 0.224. The normalized spacial score (nSPS) is 21.0. The van der Waals surface area contributed by atoms with Gasteiger partial charge in [-0.3, -0.25) is 5.01 Å². The molecule has 1 heterocycles. The van der Waals surface area contributed by atoms with Crippen molar-refractivity contribution in [2.24, 2.45) is 0 Å². The molecule has 0 spiro atoms. The molecule has 0 saturated carbocycles. The summed E-state index contributed by atoms with van der Waals surface area (Å²) in [6.45, 7) is 4.23. The Morgan fingerprint density at radius 3 is 2.41 bits per heavy atom. The lowest BCUT2D eigenvalue weighted by molar-refractivity contribution is 0.348. The lowest BCUT2D eigenvalue weighted by Gasteiger charge is -2.25. The van der Waals surface area contributed by atoms with Crippen LogP contribution < -0.4 is 15.8 Å². The van der Waals surface area contributed by atoms with Gasteiger partial charge in [0.15, 0.2) is 5.11 Å². The van der Waals surface area contributed by atoms with Crippen molar-refractivity contribution in [2.75, 3.05) is 5.01 Å². The van der Waals surface area contributed by atoms with Crippen LogP contribution in [-0.2, 0) is 6.42 Å². The molecule has 114 valence electrons. The molecule has 3 nitrogen and oxygen atoms in total. The topological polar surface area (TPSA) is 27.3 Å². The van der Waals surface area contributed by atoms with Gasteiger partial charge in [-0.1, -0.05) is 48.0 Å². The Hall–Kier alpha value is -1.91. The van der Waals surface area contributed by atoms with E-state index in [2.05, 4.69) is 73.1 Å². The first-order valence-electron chi connectivity index (χ1n) is 7.56. The van der Waals surface area contributed by atoms with Gasteiger partial charge in [-0.15, -0.1) is 0 Å². The van der Waals surface area contributed by atoms with Crippen molar-refractivity contribution < 1.29 is 0 Å². The molecular formula is C18H21N3S. The summed E-state index contributed by atoms with van der Waals surface area (Å²) in [7, 11) is 0. The molecule has 1 atom stereocenters. The van der Waals surface area contributed by atoms with E-state index in [-0.39, 0.29) is 5.66 Å². The van der Waals surface area contributed by atoms with Crippen LogP contribution >= 0.6 is 12.2 Å². The first-order valence-corrected chi connectivity index (χ1v) is 7.97. The molecule has 0 bridgehead atoms. The maximum absolute atomic E-state index is 5.49. The summed E-state index contributed by atoms with van der Waals surface area (Å²) in [5.74, 6) is 0. The number of benzene rings is 2. The van der Waals surface area contributed by atoms with Crippen LogP contribution in [0.2, 0.25) is 0 Å². The van der Waals surface area contributed by atoms with Crippen molar-refractivity contribution in [3.05, 3.63) is 65.7 Å². The molecule has 0 amide bonds. The van der Waals surface area contributed by atoms with Crippen LogP contribution in [0.5, 0.6) is 0 Å². The zero-order chi connectivity index (χ0) is 15.6. The maximum Gasteiger partial charge on any atom is 0.189 e.